The van der Waals surface area contributed by atoms with Crippen molar-refractivity contribution in [2.75, 3.05) is 19.9 Å². The zero-order chi connectivity index (χ0) is 15.8. The molecule has 0 saturated heterocycles. The van der Waals surface area contributed by atoms with Crippen molar-refractivity contribution in [3.63, 3.8) is 0 Å². The Labute approximate surface area is 127 Å². The average molecular weight is 313 g/mol. The fraction of sp³-hybridized carbons (Fsp3) is 0.500. The van der Waals surface area contributed by atoms with Crippen LogP contribution < -0.4 is 15.8 Å². The molecule has 0 amide bonds. The summed E-state index contributed by atoms with van der Waals surface area (Å²) in [6, 6.07) is 5.34. The molecule has 0 heterocycles. The first-order valence-corrected chi connectivity index (χ1v) is 8.29. The summed E-state index contributed by atoms with van der Waals surface area (Å²) >= 11 is 0. The second kappa shape index (κ2) is 8.63. The molecule has 0 aliphatic rings. The fourth-order valence-corrected chi connectivity index (χ4v) is 2.28. The van der Waals surface area contributed by atoms with Crippen molar-refractivity contribution in [2.24, 2.45) is 10.9 Å². The molecule has 0 fully saturated rings. The van der Waals surface area contributed by atoms with Crippen LogP contribution in [0.1, 0.15) is 24.5 Å². The lowest BCUT2D eigenvalue weighted by Crippen LogP contribution is -2.21. The second-order valence-corrected chi connectivity index (χ2v) is 6.59. The van der Waals surface area contributed by atoms with E-state index in [0.717, 1.165) is 24.3 Å². The zero-order valence-corrected chi connectivity index (χ0v) is 13.4. The molecule has 0 saturated carbocycles. The molecule has 0 aliphatic carbocycles. The first-order valence-electron chi connectivity index (χ1n) is 6.67. The third-order valence-corrected chi connectivity index (χ3v) is 4.66. The summed E-state index contributed by atoms with van der Waals surface area (Å²) in [4.78, 5) is 0. The maximum Gasteiger partial charge on any atom is 0.170 e. The molecule has 7 heteroatoms. The molecule has 1 rings (SSSR count). The van der Waals surface area contributed by atoms with Crippen LogP contribution >= 0.6 is 0 Å². The van der Waals surface area contributed by atoms with E-state index in [9.17, 15) is 4.21 Å². The molecule has 118 valence electrons. The lowest BCUT2D eigenvalue weighted by molar-refractivity contribution is 0.318. The Morgan fingerprint density at radius 3 is 2.86 bits per heavy atom. The molecule has 1 aromatic carbocycles. The van der Waals surface area contributed by atoms with Crippen molar-refractivity contribution in [2.45, 2.75) is 25.1 Å². The Bertz CT molecular complexity index is 520. The topological polar surface area (TPSA) is 96.9 Å². The van der Waals surface area contributed by atoms with E-state index in [1.807, 2.05) is 13.0 Å². The molecule has 21 heavy (non-hydrogen) atoms. The highest BCUT2D eigenvalue weighted by molar-refractivity contribution is 7.84. The average Bonchev–Trinajstić information content (AvgIpc) is 2.50. The lowest BCUT2D eigenvalue weighted by atomic mass is 10.1. The number of benzene rings is 1. The second-order valence-electron chi connectivity index (χ2n) is 4.79. The smallest absolute Gasteiger partial charge is 0.170 e. The fourth-order valence-electron chi connectivity index (χ4n) is 1.83. The summed E-state index contributed by atoms with van der Waals surface area (Å²) in [5, 5.41) is 15.2. The summed E-state index contributed by atoms with van der Waals surface area (Å²) < 4.78 is 16.6. The van der Waals surface area contributed by atoms with E-state index >= 15 is 0 Å². The largest absolute Gasteiger partial charge is 0.496 e. The molecule has 4 N–H and O–H groups in total. The van der Waals surface area contributed by atoms with E-state index in [1.165, 1.54) is 0 Å². The first-order chi connectivity index (χ1) is 9.99. The molecule has 0 aliphatic heterocycles. The Kier molecular flexibility index (Phi) is 7.18. The SMILES string of the molecule is COc1ccc(/C(N)=N/O)cc1CNCCC(C)S(C)=O. The van der Waals surface area contributed by atoms with Gasteiger partial charge in [-0.3, -0.25) is 4.21 Å². The standard InChI is InChI=1S/C14H23N3O3S/c1-10(21(3)19)6-7-16-9-12-8-11(14(15)17-18)4-5-13(12)20-2/h4-5,8,10,16,18H,6-7,9H2,1-3H3,(H2,15,17). The number of hydrogen-bond acceptors (Lipinski definition) is 5. The minimum absolute atomic E-state index is 0.0638. The van der Waals surface area contributed by atoms with Crippen LogP contribution in [0.25, 0.3) is 0 Å². The van der Waals surface area contributed by atoms with E-state index in [0.29, 0.717) is 12.1 Å². The number of methoxy groups -OCH3 is 1. The third-order valence-electron chi connectivity index (χ3n) is 3.29. The zero-order valence-electron chi connectivity index (χ0n) is 12.6. The molecular formula is C14H23N3O3S. The molecule has 0 aromatic heterocycles. The number of amidine groups is 1. The summed E-state index contributed by atoms with van der Waals surface area (Å²) in [6.07, 6.45) is 2.56. The number of hydrogen-bond donors (Lipinski definition) is 3. The molecule has 0 radical (unpaired) electrons. The van der Waals surface area contributed by atoms with Gasteiger partial charge in [0.25, 0.3) is 0 Å². The van der Waals surface area contributed by atoms with Gasteiger partial charge in [0, 0.05) is 40.0 Å². The van der Waals surface area contributed by atoms with E-state index in [4.69, 9.17) is 15.7 Å². The van der Waals surface area contributed by atoms with Gasteiger partial charge in [-0.1, -0.05) is 12.1 Å². The van der Waals surface area contributed by atoms with Crippen LogP contribution in [0.5, 0.6) is 5.75 Å². The lowest BCUT2D eigenvalue weighted by Gasteiger charge is -2.12. The molecule has 2 unspecified atom stereocenters. The molecule has 0 bridgehead atoms. The summed E-state index contributed by atoms with van der Waals surface area (Å²) in [7, 11) is 0.801. The van der Waals surface area contributed by atoms with Crippen LogP contribution in [0.2, 0.25) is 0 Å². The van der Waals surface area contributed by atoms with E-state index in [2.05, 4.69) is 10.5 Å². The van der Waals surface area contributed by atoms with Gasteiger partial charge in [-0.25, -0.2) is 0 Å². The molecule has 0 spiro atoms. The number of nitrogens with two attached hydrogens (primary N) is 1. The predicted octanol–water partition coefficient (Wildman–Crippen LogP) is 1.04. The van der Waals surface area contributed by atoms with Crippen molar-refractivity contribution in [1.82, 2.24) is 5.32 Å². The number of oxime groups is 1. The minimum atomic E-state index is -0.800. The molecule has 1 aromatic rings. The highest BCUT2D eigenvalue weighted by Gasteiger charge is 2.08. The van der Waals surface area contributed by atoms with Crippen molar-refractivity contribution in [3.8, 4) is 5.75 Å². The van der Waals surface area contributed by atoms with Crippen molar-refractivity contribution in [3.05, 3.63) is 29.3 Å². The van der Waals surface area contributed by atoms with Crippen LogP contribution in [-0.2, 0) is 17.3 Å². The monoisotopic (exact) mass is 313 g/mol. The quantitative estimate of drug-likeness (QED) is 0.219. The van der Waals surface area contributed by atoms with Crippen molar-refractivity contribution < 1.29 is 14.2 Å². The van der Waals surface area contributed by atoms with Crippen LogP contribution in [0, 0.1) is 0 Å². The van der Waals surface area contributed by atoms with E-state index in [-0.39, 0.29) is 11.1 Å². The Morgan fingerprint density at radius 1 is 1.57 bits per heavy atom. The Balaban J connectivity index is 2.66. The molecule has 6 nitrogen and oxygen atoms in total. The number of nitrogens with one attached hydrogen (secondary N) is 1. The summed E-state index contributed by atoms with van der Waals surface area (Å²) in [6.45, 7) is 3.33. The van der Waals surface area contributed by atoms with Crippen molar-refractivity contribution >= 4 is 16.6 Å². The maximum absolute atomic E-state index is 11.3. The van der Waals surface area contributed by atoms with E-state index in [1.54, 1.807) is 25.5 Å². The van der Waals surface area contributed by atoms with Crippen LogP contribution in [0.3, 0.4) is 0 Å². The molecule has 2 atom stereocenters. The van der Waals surface area contributed by atoms with Crippen LogP contribution in [0.15, 0.2) is 23.4 Å². The summed E-state index contributed by atoms with van der Waals surface area (Å²) in [5.41, 5.74) is 7.15. The van der Waals surface area contributed by atoms with Gasteiger partial charge >= 0.3 is 0 Å². The highest BCUT2D eigenvalue weighted by Crippen LogP contribution is 2.19. The van der Waals surface area contributed by atoms with Crippen molar-refractivity contribution in [1.29, 1.82) is 0 Å². The van der Waals surface area contributed by atoms with Gasteiger partial charge in [-0.15, -0.1) is 0 Å². The maximum atomic E-state index is 11.3. The highest BCUT2D eigenvalue weighted by atomic mass is 32.2. The predicted molar refractivity (Wildman–Crippen MR) is 85.4 cm³/mol. The van der Waals surface area contributed by atoms with E-state index < -0.39 is 10.8 Å². The number of ether oxygens (including phenoxy) is 1. The van der Waals surface area contributed by atoms with Gasteiger partial charge in [-0.05, 0) is 31.2 Å². The van der Waals surface area contributed by atoms with Gasteiger partial charge in [0.15, 0.2) is 5.84 Å². The van der Waals surface area contributed by atoms with Gasteiger partial charge in [0.1, 0.15) is 5.75 Å². The Hall–Kier alpha value is -1.60. The van der Waals surface area contributed by atoms with Gasteiger partial charge in [0.2, 0.25) is 0 Å². The molecular weight excluding hydrogens is 290 g/mol. The first kappa shape index (κ1) is 17.5. The minimum Gasteiger partial charge on any atom is -0.496 e. The van der Waals surface area contributed by atoms with Gasteiger partial charge in [-0.2, -0.15) is 0 Å². The van der Waals surface area contributed by atoms with Gasteiger partial charge in [0.05, 0.1) is 7.11 Å². The van der Waals surface area contributed by atoms with Crippen LogP contribution in [0.4, 0.5) is 0 Å². The van der Waals surface area contributed by atoms with Crippen LogP contribution in [-0.4, -0.2) is 40.4 Å². The third kappa shape index (κ3) is 5.35. The van der Waals surface area contributed by atoms with Gasteiger partial charge < -0.3 is 21.0 Å². The number of rotatable bonds is 8. The summed E-state index contributed by atoms with van der Waals surface area (Å²) in [5.74, 6) is 0.804. The number of nitrogens with zero attached hydrogens (tertiary/aromatic N) is 1. The Morgan fingerprint density at radius 2 is 2.29 bits per heavy atom. The normalized spacial score (nSPS) is 14.7.